The fourth-order valence-corrected chi connectivity index (χ4v) is 1.95. The lowest BCUT2D eigenvalue weighted by Gasteiger charge is -2.10. The number of ether oxygens (including phenoxy) is 1. The number of hydrogen-bond acceptors (Lipinski definition) is 2. The normalized spacial score (nSPS) is 10.6. The highest BCUT2D eigenvalue weighted by Crippen LogP contribution is 2.29. The summed E-state index contributed by atoms with van der Waals surface area (Å²) in [6.45, 7) is 0. The van der Waals surface area contributed by atoms with E-state index in [1.54, 1.807) is 12.1 Å². The molecule has 0 bridgehead atoms. The van der Waals surface area contributed by atoms with Crippen molar-refractivity contribution in [2.24, 2.45) is 0 Å². The SMILES string of the molecule is COC(=O)CCc1c(Br)cccc1C(F)F. The van der Waals surface area contributed by atoms with E-state index in [4.69, 9.17) is 0 Å². The highest BCUT2D eigenvalue weighted by molar-refractivity contribution is 9.10. The second-order valence-corrected chi connectivity index (χ2v) is 4.04. The molecule has 5 heteroatoms. The van der Waals surface area contributed by atoms with Crippen LogP contribution < -0.4 is 0 Å². The van der Waals surface area contributed by atoms with E-state index >= 15 is 0 Å². The lowest BCUT2D eigenvalue weighted by Crippen LogP contribution is -2.04. The topological polar surface area (TPSA) is 26.3 Å². The zero-order chi connectivity index (χ0) is 12.1. The molecule has 0 N–H and O–H groups in total. The third-order valence-electron chi connectivity index (χ3n) is 2.20. The fraction of sp³-hybridized carbons (Fsp3) is 0.364. The molecule has 0 fully saturated rings. The van der Waals surface area contributed by atoms with Crippen molar-refractivity contribution in [3.05, 3.63) is 33.8 Å². The van der Waals surface area contributed by atoms with Gasteiger partial charge in [-0.25, -0.2) is 8.78 Å². The highest BCUT2D eigenvalue weighted by Gasteiger charge is 2.15. The monoisotopic (exact) mass is 292 g/mol. The minimum absolute atomic E-state index is 0.0433. The van der Waals surface area contributed by atoms with Gasteiger partial charge in [-0.3, -0.25) is 4.79 Å². The van der Waals surface area contributed by atoms with Crippen LogP contribution in [0.25, 0.3) is 0 Å². The Kier molecular flexibility index (Phi) is 4.86. The van der Waals surface area contributed by atoms with Gasteiger partial charge in [0, 0.05) is 16.5 Å². The third kappa shape index (κ3) is 3.27. The van der Waals surface area contributed by atoms with Crippen LogP contribution in [0, 0.1) is 0 Å². The minimum atomic E-state index is -2.54. The van der Waals surface area contributed by atoms with Gasteiger partial charge in [0.2, 0.25) is 0 Å². The van der Waals surface area contributed by atoms with Gasteiger partial charge in [-0.2, -0.15) is 0 Å². The minimum Gasteiger partial charge on any atom is -0.469 e. The number of esters is 1. The number of alkyl halides is 2. The number of carbonyl (C=O) groups excluding carboxylic acids is 1. The molecule has 0 aromatic heterocycles. The molecular formula is C11H11BrF2O2. The predicted octanol–water partition coefficient (Wildman–Crippen LogP) is 3.49. The number of halogens is 3. The van der Waals surface area contributed by atoms with Crippen LogP contribution in [0.3, 0.4) is 0 Å². The van der Waals surface area contributed by atoms with Gasteiger partial charge in [0.25, 0.3) is 6.43 Å². The smallest absolute Gasteiger partial charge is 0.305 e. The van der Waals surface area contributed by atoms with E-state index in [9.17, 15) is 13.6 Å². The second kappa shape index (κ2) is 5.94. The lowest BCUT2D eigenvalue weighted by molar-refractivity contribution is -0.140. The van der Waals surface area contributed by atoms with Crippen molar-refractivity contribution in [1.29, 1.82) is 0 Å². The molecule has 1 aromatic carbocycles. The molecule has 88 valence electrons. The summed E-state index contributed by atoms with van der Waals surface area (Å²) in [6, 6.07) is 4.59. The molecular weight excluding hydrogens is 282 g/mol. The molecule has 0 heterocycles. The molecule has 0 aliphatic carbocycles. The Morgan fingerprint density at radius 2 is 2.19 bits per heavy atom. The molecule has 1 aromatic rings. The highest BCUT2D eigenvalue weighted by atomic mass is 79.9. The Labute approximate surface area is 101 Å². The fourth-order valence-electron chi connectivity index (χ4n) is 1.37. The van der Waals surface area contributed by atoms with Crippen LogP contribution in [0.2, 0.25) is 0 Å². The summed E-state index contributed by atoms with van der Waals surface area (Å²) in [7, 11) is 1.27. The van der Waals surface area contributed by atoms with Crippen LogP contribution in [-0.4, -0.2) is 13.1 Å². The molecule has 2 nitrogen and oxygen atoms in total. The van der Waals surface area contributed by atoms with Gasteiger partial charge in [0.1, 0.15) is 0 Å². The Bertz CT molecular complexity index is 380. The summed E-state index contributed by atoms with van der Waals surface area (Å²) < 4.78 is 30.4. The summed E-state index contributed by atoms with van der Waals surface area (Å²) in [4.78, 5) is 11.0. The van der Waals surface area contributed by atoms with Gasteiger partial charge >= 0.3 is 5.97 Å². The van der Waals surface area contributed by atoms with E-state index in [1.165, 1.54) is 13.2 Å². The first-order chi connectivity index (χ1) is 7.56. The molecule has 16 heavy (non-hydrogen) atoms. The molecule has 0 saturated carbocycles. The molecule has 0 saturated heterocycles. The average molecular weight is 293 g/mol. The van der Waals surface area contributed by atoms with Gasteiger partial charge in [0.15, 0.2) is 0 Å². The molecule has 0 amide bonds. The van der Waals surface area contributed by atoms with Crippen molar-refractivity contribution in [2.75, 3.05) is 7.11 Å². The molecule has 0 spiro atoms. The van der Waals surface area contributed by atoms with Crippen molar-refractivity contribution < 1.29 is 18.3 Å². The van der Waals surface area contributed by atoms with Crippen molar-refractivity contribution in [3.8, 4) is 0 Å². The van der Waals surface area contributed by atoms with Gasteiger partial charge < -0.3 is 4.74 Å². The van der Waals surface area contributed by atoms with E-state index < -0.39 is 12.4 Å². The molecule has 0 unspecified atom stereocenters. The van der Waals surface area contributed by atoms with E-state index in [2.05, 4.69) is 20.7 Å². The lowest BCUT2D eigenvalue weighted by atomic mass is 10.0. The maximum Gasteiger partial charge on any atom is 0.305 e. The Hall–Kier alpha value is -0.970. The quantitative estimate of drug-likeness (QED) is 0.794. The van der Waals surface area contributed by atoms with Crippen LogP contribution in [0.5, 0.6) is 0 Å². The maximum absolute atomic E-state index is 12.7. The second-order valence-electron chi connectivity index (χ2n) is 3.18. The molecule has 0 aliphatic heterocycles. The predicted molar refractivity (Wildman–Crippen MR) is 59.4 cm³/mol. The number of methoxy groups -OCH3 is 1. The standard InChI is InChI=1S/C11H11BrF2O2/c1-16-10(15)6-5-7-8(11(13)14)3-2-4-9(7)12/h2-4,11H,5-6H2,1H3. The third-order valence-corrected chi connectivity index (χ3v) is 2.94. The van der Waals surface area contributed by atoms with Crippen LogP contribution >= 0.6 is 15.9 Å². The number of benzene rings is 1. The van der Waals surface area contributed by atoms with Crippen molar-refractivity contribution in [2.45, 2.75) is 19.3 Å². The Balaban J connectivity index is 2.88. The first kappa shape index (κ1) is 13.1. The Morgan fingerprint density at radius 3 is 2.75 bits per heavy atom. The first-order valence-electron chi connectivity index (χ1n) is 4.68. The number of rotatable bonds is 4. The summed E-state index contributed by atoms with van der Waals surface area (Å²) >= 11 is 3.20. The van der Waals surface area contributed by atoms with E-state index in [1.807, 2.05) is 0 Å². The molecule has 0 radical (unpaired) electrons. The van der Waals surface area contributed by atoms with Crippen LogP contribution in [0.1, 0.15) is 24.0 Å². The van der Waals surface area contributed by atoms with Crippen LogP contribution in [-0.2, 0) is 16.0 Å². The van der Waals surface area contributed by atoms with Gasteiger partial charge in [0.05, 0.1) is 7.11 Å². The van der Waals surface area contributed by atoms with Crippen LogP contribution in [0.4, 0.5) is 8.78 Å². The van der Waals surface area contributed by atoms with Gasteiger partial charge in [-0.05, 0) is 18.1 Å². The van der Waals surface area contributed by atoms with Gasteiger partial charge in [-0.15, -0.1) is 0 Å². The number of hydrogen-bond donors (Lipinski definition) is 0. The summed E-state index contributed by atoms with van der Waals surface area (Å²) in [6.07, 6.45) is -2.20. The zero-order valence-electron chi connectivity index (χ0n) is 8.67. The van der Waals surface area contributed by atoms with E-state index in [-0.39, 0.29) is 18.4 Å². The van der Waals surface area contributed by atoms with Crippen LogP contribution in [0.15, 0.2) is 22.7 Å². The summed E-state index contributed by atoms with van der Waals surface area (Å²) in [5.41, 5.74) is 0.418. The number of carbonyl (C=O) groups is 1. The average Bonchev–Trinajstić information content (AvgIpc) is 2.26. The van der Waals surface area contributed by atoms with E-state index in [0.29, 0.717) is 10.0 Å². The van der Waals surface area contributed by atoms with Crippen molar-refractivity contribution in [3.63, 3.8) is 0 Å². The molecule has 0 atom stereocenters. The summed E-state index contributed by atoms with van der Waals surface area (Å²) in [5.74, 6) is -0.407. The van der Waals surface area contributed by atoms with E-state index in [0.717, 1.165) is 0 Å². The summed E-state index contributed by atoms with van der Waals surface area (Å²) in [5, 5.41) is 0. The van der Waals surface area contributed by atoms with Crippen molar-refractivity contribution >= 4 is 21.9 Å². The molecule has 1 rings (SSSR count). The molecule has 0 aliphatic rings. The maximum atomic E-state index is 12.7. The largest absolute Gasteiger partial charge is 0.469 e. The van der Waals surface area contributed by atoms with Gasteiger partial charge in [-0.1, -0.05) is 28.1 Å². The van der Waals surface area contributed by atoms with Crippen molar-refractivity contribution in [1.82, 2.24) is 0 Å². The first-order valence-corrected chi connectivity index (χ1v) is 5.47. The Morgan fingerprint density at radius 1 is 1.50 bits per heavy atom. The zero-order valence-corrected chi connectivity index (χ0v) is 10.3.